The minimum atomic E-state index is -1.82. The van der Waals surface area contributed by atoms with Gasteiger partial charge in [0.25, 0.3) is 0 Å². The molecule has 2 bridgehead atoms. The molecule has 7 nitrogen and oxygen atoms in total. The summed E-state index contributed by atoms with van der Waals surface area (Å²) in [6.07, 6.45) is 9.94. The number of amides is 1. The second kappa shape index (κ2) is 8.20. The van der Waals surface area contributed by atoms with Crippen molar-refractivity contribution in [2.24, 2.45) is 5.41 Å². The third kappa shape index (κ3) is 4.44. The number of aliphatic carboxylic acids is 2. The van der Waals surface area contributed by atoms with Crippen LogP contribution >= 0.6 is 0 Å². The smallest absolute Gasteiger partial charge is 0.414 e. The van der Waals surface area contributed by atoms with Gasteiger partial charge < -0.3 is 15.1 Å². The summed E-state index contributed by atoms with van der Waals surface area (Å²) in [5.41, 5.74) is -0.145. The van der Waals surface area contributed by atoms with Gasteiger partial charge in [0, 0.05) is 31.2 Å². The Hall–Kier alpha value is -1.89. The molecule has 0 aromatic carbocycles. The van der Waals surface area contributed by atoms with Crippen molar-refractivity contribution in [1.82, 2.24) is 9.80 Å². The van der Waals surface area contributed by atoms with Gasteiger partial charge in [0.1, 0.15) is 0 Å². The zero-order chi connectivity index (χ0) is 19.5. The molecule has 0 radical (unpaired) electrons. The maximum atomic E-state index is 12.9. The first-order valence-electron chi connectivity index (χ1n) is 9.33. The predicted octanol–water partition coefficient (Wildman–Crippen LogP) is 1.97. The Labute approximate surface area is 154 Å². The molecule has 2 heterocycles. The lowest BCUT2D eigenvalue weighted by molar-refractivity contribution is -0.159. The number of hydrogen-bond acceptors (Lipinski definition) is 4. The molecule has 3 atom stereocenters. The Balaban J connectivity index is 0.000000352. The van der Waals surface area contributed by atoms with Crippen LogP contribution in [0.1, 0.15) is 52.9 Å². The van der Waals surface area contributed by atoms with Crippen LogP contribution in [0.3, 0.4) is 0 Å². The zero-order valence-electron chi connectivity index (χ0n) is 15.9. The van der Waals surface area contributed by atoms with Crippen molar-refractivity contribution in [3.8, 4) is 0 Å². The van der Waals surface area contributed by atoms with Crippen LogP contribution in [0.4, 0.5) is 0 Å². The second-order valence-electron chi connectivity index (χ2n) is 8.02. The number of carbonyl (C=O) groups excluding carboxylic acids is 1. The largest absolute Gasteiger partial charge is 0.473 e. The van der Waals surface area contributed by atoms with Gasteiger partial charge in [-0.2, -0.15) is 0 Å². The fraction of sp³-hybridized carbons (Fsp3) is 0.737. The molecule has 1 aliphatic carbocycles. The standard InChI is InChI=1S/C17H28N2O.C2H2O4/c1-13(2)19-14-7-8-15(19)12-18(11-14)16(20)17(3)9-5-4-6-10-17;3-1(4)2(5)6/h4-5,13-15H,6-12H2,1-3H3;(H,3,4)(H,5,6). The maximum absolute atomic E-state index is 12.9. The monoisotopic (exact) mass is 366 g/mol. The Kier molecular flexibility index (Phi) is 6.44. The van der Waals surface area contributed by atoms with Gasteiger partial charge in [0.15, 0.2) is 0 Å². The van der Waals surface area contributed by atoms with E-state index in [9.17, 15) is 4.79 Å². The summed E-state index contributed by atoms with van der Waals surface area (Å²) in [6, 6.07) is 1.80. The van der Waals surface area contributed by atoms with Crippen LogP contribution in [0.25, 0.3) is 0 Å². The molecule has 3 aliphatic rings. The molecule has 2 saturated heterocycles. The lowest BCUT2D eigenvalue weighted by Gasteiger charge is -2.46. The Morgan fingerprint density at radius 1 is 1.04 bits per heavy atom. The first-order chi connectivity index (χ1) is 12.2. The zero-order valence-corrected chi connectivity index (χ0v) is 15.9. The molecule has 26 heavy (non-hydrogen) atoms. The molecule has 0 saturated carbocycles. The van der Waals surface area contributed by atoms with Crippen LogP contribution in [0.2, 0.25) is 0 Å². The second-order valence-corrected chi connectivity index (χ2v) is 8.02. The van der Waals surface area contributed by atoms with Crippen molar-refractivity contribution < 1.29 is 24.6 Å². The highest BCUT2D eigenvalue weighted by Crippen LogP contribution is 2.38. The van der Waals surface area contributed by atoms with E-state index in [1.54, 1.807) is 0 Å². The van der Waals surface area contributed by atoms with Crippen LogP contribution < -0.4 is 0 Å². The van der Waals surface area contributed by atoms with Crippen molar-refractivity contribution in [1.29, 1.82) is 0 Å². The van der Waals surface area contributed by atoms with E-state index in [1.807, 2.05) is 0 Å². The minimum absolute atomic E-state index is 0.145. The van der Waals surface area contributed by atoms with Gasteiger partial charge in [-0.15, -0.1) is 0 Å². The van der Waals surface area contributed by atoms with Crippen LogP contribution in [0.15, 0.2) is 12.2 Å². The molecule has 2 fully saturated rings. The molecular weight excluding hydrogens is 336 g/mol. The number of fused-ring (bicyclic) bond motifs is 2. The van der Waals surface area contributed by atoms with E-state index in [0.717, 1.165) is 32.4 Å². The predicted molar refractivity (Wildman–Crippen MR) is 96.7 cm³/mol. The van der Waals surface area contributed by atoms with Gasteiger partial charge in [-0.1, -0.05) is 19.1 Å². The number of carboxylic acid groups (broad SMARTS) is 2. The van der Waals surface area contributed by atoms with Gasteiger partial charge in [-0.3, -0.25) is 9.69 Å². The van der Waals surface area contributed by atoms with Gasteiger partial charge in [-0.25, -0.2) is 9.59 Å². The number of hydrogen-bond donors (Lipinski definition) is 2. The van der Waals surface area contributed by atoms with Crippen molar-refractivity contribution in [2.75, 3.05) is 13.1 Å². The summed E-state index contributed by atoms with van der Waals surface area (Å²) >= 11 is 0. The summed E-state index contributed by atoms with van der Waals surface area (Å²) in [7, 11) is 0. The van der Waals surface area contributed by atoms with E-state index >= 15 is 0 Å². The Morgan fingerprint density at radius 2 is 1.58 bits per heavy atom. The van der Waals surface area contributed by atoms with Crippen LogP contribution in [0, 0.1) is 5.41 Å². The molecule has 146 valence electrons. The summed E-state index contributed by atoms with van der Waals surface area (Å²) in [4.78, 5) is 36.0. The number of rotatable bonds is 2. The number of allylic oxidation sites excluding steroid dienone is 2. The molecule has 0 spiro atoms. The summed E-state index contributed by atoms with van der Waals surface area (Å²) in [5.74, 6) is -3.24. The molecule has 3 rings (SSSR count). The molecule has 0 aromatic heterocycles. The first kappa shape index (κ1) is 20.4. The van der Waals surface area contributed by atoms with E-state index in [0.29, 0.717) is 24.0 Å². The summed E-state index contributed by atoms with van der Waals surface area (Å²) < 4.78 is 0. The fourth-order valence-electron chi connectivity index (χ4n) is 4.49. The van der Waals surface area contributed by atoms with Gasteiger partial charge in [0.05, 0.1) is 5.41 Å². The quantitative estimate of drug-likeness (QED) is 0.573. The van der Waals surface area contributed by atoms with Gasteiger partial charge in [0.2, 0.25) is 5.91 Å². The average Bonchev–Trinajstić information content (AvgIpc) is 2.86. The van der Waals surface area contributed by atoms with Crippen molar-refractivity contribution in [3.05, 3.63) is 12.2 Å². The first-order valence-corrected chi connectivity index (χ1v) is 9.33. The Bertz CT molecular complexity index is 562. The number of nitrogens with zero attached hydrogens (tertiary/aromatic N) is 2. The van der Waals surface area contributed by atoms with Crippen molar-refractivity contribution >= 4 is 17.8 Å². The molecule has 1 amide bonds. The number of carbonyl (C=O) groups is 3. The maximum Gasteiger partial charge on any atom is 0.414 e. The van der Waals surface area contributed by atoms with E-state index in [2.05, 4.69) is 42.7 Å². The highest BCUT2D eigenvalue weighted by atomic mass is 16.4. The van der Waals surface area contributed by atoms with Crippen LogP contribution in [0.5, 0.6) is 0 Å². The lowest BCUT2D eigenvalue weighted by Crippen LogP contribution is -2.59. The Morgan fingerprint density at radius 3 is 1.96 bits per heavy atom. The molecule has 7 heteroatoms. The fourth-order valence-corrected chi connectivity index (χ4v) is 4.49. The number of likely N-dealkylation sites (tertiary alicyclic amines) is 1. The third-order valence-electron chi connectivity index (χ3n) is 5.72. The van der Waals surface area contributed by atoms with Gasteiger partial charge >= 0.3 is 11.9 Å². The third-order valence-corrected chi connectivity index (χ3v) is 5.72. The van der Waals surface area contributed by atoms with Gasteiger partial charge in [-0.05, 0) is 46.0 Å². The van der Waals surface area contributed by atoms with Crippen LogP contribution in [-0.2, 0) is 14.4 Å². The molecule has 2 aliphatic heterocycles. The van der Waals surface area contributed by atoms with E-state index < -0.39 is 11.9 Å². The molecule has 2 N–H and O–H groups in total. The minimum Gasteiger partial charge on any atom is -0.473 e. The lowest BCUT2D eigenvalue weighted by atomic mass is 9.77. The van der Waals surface area contributed by atoms with Crippen molar-refractivity contribution in [2.45, 2.75) is 71.0 Å². The van der Waals surface area contributed by atoms with E-state index in [4.69, 9.17) is 19.8 Å². The van der Waals surface area contributed by atoms with E-state index in [-0.39, 0.29) is 5.41 Å². The molecular formula is C19H30N2O5. The highest BCUT2D eigenvalue weighted by Gasteiger charge is 2.45. The SMILES string of the molecule is CC(C)N1C2CCC1CN(C(=O)C1(C)CC=CCC1)C2.O=C(O)C(=O)O. The normalized spacial score (nSPS) is 30.7. The summed E-state index contributed by atoms with van der Waals surface area (Å²) in [6.45, 7) is 8.64. The van der Waals surface area contributed by atoms with Crippen LogP contribution in [-0.4, -0.2) is 69.1 Å². The highest BCUT2D eigenvalue weighted by molar-refractivity contribution is 6.27. The molecule has 0 aromatic rings. The number of piperazine rings is 1. The topological polar surface area (TPSA) is 98.2 Å². The number of carboxylic acids is 2. The van der Waals surface area contributed by atoms with Crippen molar-refractivity contribution in [3.63, 3.8) is 0 Å². The average molecular weight is 366 g/mol. The molecule has 3 unspecified atom stereocenters. The summed E-state index contributed by atoms with van der Waals surface area (Å²) in [5, 5.41) is 14.8. The van der Waals surface area contributed by atoms with E-state index in [1.165, 1.54) is 12.8 Å².